The molecule has 1 unspecified atom stereocenters. The Labute approximate surface area is 103 Å². The van der Waals surface area contributed by atoms with Gasteiger partial charge in [0.05, 0.1) is 17.4 Å². The smallest absolute Gasteiger partial charge is 0.146 e. The predicted molar refractivity (Wildman–Crippen MR) is 66.7 cm³/mol. The van der Waals surface area contributed by atoms with Gasteiger partial charge in [0, 0.05) is 13.6 Å². The van der Waals surface area contributed by atoms with Crippen LogP contribution in [0.3, 0.4) is 0 Å². The zero-order valence-corrected chi connectivity index (χ0v) is 10.9. The fourth-order valence-corrected chi connectivity index (χ4v) is 2.66. The molecule has 94 valence electrons. The first kappa shape index (κ1) is 12.3. The van der Waals surface area contributed by atoms with Crippen molar-refractivity contribution >= 4 is 5.78 Å². The fraction of sp³-hybridized carbons (Fsp3) is 0.692. The summed E-state index contributed by atoms with van der Waals surface area (Å²) in [4.78, 5) is 13.9. The van der Waals surface area contributed by atoms with E-state index in [2.05, 4.69) is 16.1 Å². The molecule has 1 aliphatic heterocycles. The van der Waals surface area contributed by atoms with E-state index in [1.54, 1.807) is 6.92 Å². The molecule has 1 fully saturated rings. The molecule has 2 rings (SSSR count). The second-order valence-corrected chi connectivity index (χ2v) is 4.99. The molecule has 1 aromatic rings. The van der Waals surface area contributed by atoms with Crippen LogP contribution in [0.25, 0.3) is 0 Å². The van der Waals surface area contributed by atoms with E-state index in [0.717, 1.165) is 25.2 Å². The number of Topliss-reactive ketones (excluding diaryl/α,β-unsaturated/α-hetero) is 1. The summed E-state index contributed by atoms with van der Waals surface area (Å²) in [6, 6.07) is 2.21. The van der Waals surface area contributed by atoms with Crippen molar-refractivity contribution < 1.29 is 4.79 Å². The van der Waals surface area contributed by atoms with E-state index in [4.69, 9.17) is 0 Å². The molecule has 1 saturated heterocycles. The van der Waals surface area contributed by atoms with Gasteiger partial charge in [0.1, 0.15) is 5.78 Å². The van der Waals surface area contributed by atoms with Crippen molar-refractivity contribution in [1.82, 2.24) is 14.7 Å². The van der Waals surface area contributed by atoms with Gasteiger partial charge in [0.2, 0.25) is 0 Å². The lowest BCUT2D eigenvalue weighted by atomic mass is 9.99. The van der Waals surface area contributed by atoms with Crippen LogP contribution in [0.4, 0.5) is 0 Å². The van der Waals surface area contributed by atoms with Crippen LogP contribution in [0, 0.1) is 6.92 Å². The topological polar surface area (TPSA) is 38.1 Å². The Morgan fingerprint density at radius 1 is 1.53 bits per heavy atom. The fourth-order valence-electron chi connectivity index (χ4n) is 2.66. The summed E-state index contributed by atoms with van der Waals surface area (Å²) in [6.07, 6.45) is 3.37. The second kappa shape index (κ2) is 5.00. The van der Waals surface area contributed by atoms with E-state index in [1.165, 1.54) is 18.5 Å². The van der Waals surface area contributed by atoms with Gasteiger partial charge in [-0.25, -0.2) is 0 Å². The lowest BCUT2D eigenvalue weighted by Gasteiger charge is -2.33. The number of aryl methyl sites for hydroxylation is 2. The monoisotopic (exact) mass is 235 g/mol. The molecule has 0 spiro atoms. The molecule has 0 N–H and O–H groups in total. The van der Waals surface area contributed by atoms with Gasteiger partial charge in [-0.3, -0.25) is 14.4 Å². The Morgan fingerprint density at radius 2 is 2.29 bits per heavy atom. The van der Waals surface area contributed by atoms with Crippen molar-refractivity contribution in [3.05, 3.63) is 17.5 Å². The van der Waals surface area contributed by atoms with Gasteiger partial charge in [-0.1, -0.05) is 6.42 Å². The lowest BCUT2D eigenvalue weighted by Crippen LogP contribution is -2.43. The Kier molecular flexibility index (Phi) is 3.62. The molecule has 0 amide bonds. The minimum atomic E-state index is 0.110. The van der Waals surface area contributed by atoms with Crippen molar-refractivity contribution in [2.45, 2.75) is 45.7 Å². The second-order valence-electron chi connectivity index (χ2n) is 4.99. The third kappa shape index (κ3) is 2.75. The number of carbonyl (C=O) groups excluding carboxylic acids is 1. The minimum absolute atomic E-state index is 0.110. The van der Waals surface area contributed by atoms with Crippen LogP contribution >= 0.6 is 0 Å². The van der Waals surface area contributed by atoms with Gasteiger partial charge in [-0.2, -0.15) is 5.10 Å². The summed E-state index contributed by atoms with van der Waals surface area (Å²) in [6.45, 7) is 5.57. The highest BCUT2D eigenvalue weighted by atomic mass is 16.1. The number of carbonyl (C=O) groups is 1. The van der Waals surface area contributed by atoms with E-state index in [0.29, 0.717) is 5.78 Å². The number of rotatable bonds is 3. The highest BCUT2D eigenvalue weighted by Gasteiger charge is 2.26. The quantitative estimate of drug-likeness (QED) is 0.800. The van der Waals surface area contributed by atoms with Crippen LogP contribution in [0.2, 0.25) is 0 Å². The Morgan fingerprint density at radius 3 is 2.88 bits per heavy atom. The highest BCUT2D eigenvalue weighted by Crippen LogP contribution is 2.20. The summed E-state index contributed by atoms with van der Waals surface area (Å²) >= 11 is 0. The third-order valence-electron chi connectivity index (χ3n) is 3.55. The van der Waals surface area contributed by atoms with Gasteiger partial charge in [-0.05, 0) is 39.3 Å². The highest BCUT2D eigenvalue weighted by molar-refractivity contribution is 5.81. The maximum Gasteiger partial charge on any atom is 0.146 e. The zero-order chi connectivity index (χ0) is 12.4. The summed E-state index contributed by atoms with van der Waals surface area (Å²) in [7, 11) is 1.97. The maximum absolute atomic E-state index is 11.6. The zero-order valence-electron chi connectivity index (χ0n) is 10.9. The normalized spacial score (nSPS) is 21.7. The Hall–Kier alpha value is -1.16. The number of nitrogens with zero attached hydrogens (tertiary/aromatic N) is 3. The number of aromatic nitrogens is 2. The molecule has 1 aromatic heterocycles. The van der Waals surface area contributed by atoms with Gasteiger partial charge in [0.15, 0.2) is 0 Å². The number of piperidine rings is 1. The van der Waals surface area contributed by atoms with Crippen LogP contribution in [-0.4, -0.2) is 33.1 Å². The van der Waals surface area contributed by atoms with Crippen LogP contribution in [0.15, 0.2) is 6.07 Å². The van der Waals surface area contributed by atoms with Crippen molar-refractivity contribution in [3.63, 3.8) is 0 Å². The first-order chi connectivity index (χ1) is 8.08. The molecular weight excluding hydrogens is 214 g/mol. The van der Waals surface area contributed by atoms with Gasteiger partial charge in [0.25, 0.3) is 0 Å². The number of hydrogen-bond donors (Lipinski definition) is 0. The van der Waals surface area contributed by atoms with Crippen LogP contribution < -0.4 is 0 Å². The summed E-state index contributed by atoms with van der Waals surface area (Å²) in [5, 5.41) is 4.35. The van der Waals surface area contributed by atoms with Gasteiger partial charge >= 0.3 is 0 Å². The summed E-state index contributed by atoms with van der Waals surface area (Å²) < 4.78 is 1.92. The Bertz CT molecular complexity index is 411. The largest absolute Gasteiger partial charge is 0.298 e. The van der Waals surface area contributed by atoms with E-state index in [-0.39, 0.29) is 6.04 Å². The molecule has 1 aliphatic rings. The molecule has 0 saturated carbocycles. The lowest BCUT2D eigenvalue weighted by molar-refractivity contribution is -0.123. The molecule has 4 heteroatoms. The molecule has 1 atom stereocenters. The molecule has 0 radical (unpaired) electrons. The van der Waals surface area contributed by atoms with E-state index in [1.807, 2.05) is 18.7 Å². The van der Waals surface area contributed by atoms with Gasteiger partial charge < -0.3 is 0 Å². The van der Waals surface area contributed by atoms with Crippen molar-refractivity contribution in [3.8, 4) is 0 Å². The first-order valence-corrected chi connectivity index (χ1v) is 6.32. The number of hydrogen-bond acceptors (Lipinski definition) is 3. The van der Waals surface area contributed by atoms with Crippen molar-refractivity contribution in [1.29, 1.82) is 0 Å². The minimum Gasteiger partial charge on any atom is -0.298 e. The average Bonchev–Trinajstić information content (AvgIpc) is 2.58. The molecular formula is C13H21N3O. The standard InChI is InChI=1S/C13H21N3O/c1-10-8-12(15(3)14-10)9-16-7-5-4-6-13(16)11(2)17/h8,13H,4-7,9H2,1-3H3. The average molecular weight is 235 g/mol. The van der Waals surface area contributed by atoms with E-state index >= 15 is 0 Å². The van der Waals surface area contributed by atoms with E-state index < -0.39 is 0 Å². The summed E-state index contributed by atoms with van der Waals surface area (Å²) in [5.74, 6) is 0.295. The molecule has 17 heavy (non-hydrogen) atoms. The molecule has 0 aromatic carbocycles. The third-order valence-corrected chi connectivity index (χ3v) is 3.55. The first-order valence-electron chi connectivity index (χ1n) is 6.32. The predicted octanol–water partition coefficient (Wildman–Crippen LogP) is 1.67. The Balaban J connectivity index is 2.10. The molecule has 0 bridgehead atoms. The van der Waals surface area contributed by atoms with Crippen LogP contribution in [0.1, 0.15) is 37.6 Å². The van der Waals surface area contributed by atoms with Gasteiger partial charge in [-0.15, -0.1) is 0 Å². The SMILES string of the molecule is CC(=O)C1CCCCN1Cc1cc(C)nn1C. The maximum atomic E-state index is 11.6. The number of likely N-dealkylation sites (tertiary alicyclic amines) is 1. The molecule has 0 aliphatic carbocycles. The molecule has 4 nitrogen and oxygen atoms in total. The van der Waals surface area contributed by atoms with Crippen molar-refractivity contribution in [2.75, 3.05) is 6.54 Å². The summed E-state index contributed by atoms with van der Waals surface area (Å²) in [5.41, 5.74) is 2.23. The van der Waals surface area contributed by atoms with E-state index in [9.17, 15) is 4.79 Å². The molecule has 2 heterocycles. The number of ketones is 1. The van der Waals surface area contributed by atoms with Crippen LogP contribution in [-0.2, 0) is 18.4 Å². The van der Waals surface area contributed by atoms with Crippen LogP contribution in [0.5, 0.6) is 0 Å². The van der Waals surface area contributed by atoms with Crippen molar-refractivity contribution in [2.24, 2.45) is 7.05 Å².